The number of nitrogens with zero attached hydrogens (tertiary/aromatic N) is 2. The molecule has 0 spiro atoms. The molecule has 3 nitrogen and oxygen atoms in total. The molecule has 0 atom stereocenters. The lowest BCUT2D eigenvalue weighted by atomic mass is 10.1. The Kier molecular flexibility index (Phi) is 2.63. The summed E-state index contributed by atoms with van der Waals surface area (Å²) in [5, 5.41) is 5.63. The van der Waals surface area contributed by atoms with Gasteiger partial charge in [0.1, 0.15) is 0 Å². The van der Waals surface area contributed by atoms with Gasteiger partial charge < -0.3 is 0 Å². The Morgan fingerprint density at radius 1 is 1.27 bits per heavy atom. The molecule has 0 N–H and O–H groups in total. The maximum Gasteiger partial charge on any atom is 0.246 e. The van der Waals surface area contributed by atoms with E-state index in [-0.39, 0.29) is 5.91 Å². The lowest BCUT2D eigenvalue weighted by molar-refractivity contribution is -0.128. The highest BCUT2D eigenvalue weighted by Gasteiger charge is 2.10. The van der Waals surface area contributed by atoms with E-state index in [1.165, 1.54) is 5.01 Å². The van der Waals surface area contributed by atoms with E-state index in [0.717, 1.165) is 11.3 Å². The zero-order valence-electron chi connectivity index (χ0n) is 8.55. The summed E-state index contributed by atoms with van der Waals surface area (Å²) in [4.78, 5) is 11.4. The Morgan fingerprint density at radius 2 is 2.00 bits per heavy atom. The van der Waals surface area contributed by atoms with Gasteiger partial charge in [0.25, 0.3) is 0 Å². The van der Waals surface area contributed by atoms with Gasteiger partial charge in [-0.1, -0.05) is 36.4 Å². The van der Waals surface area contributed by atoms with Gasteiger partial charge in [-0.2, -0.15) is 5.10 Å². The fourth-order valence-electron chi connectivity index (χ4n) is 1.42. The minimum Gasteiger partial charge on any atom is -0.273 e. The molecule has 0 unspecified atom stereocenters. The van der Waals surface area contributed by atoms with E-state index in [1.807, 2.05) is 42.5 Å². The summed E-state index contributed by atoms with van der Waals surface area (Å²) in [6.45, 7) is 0. The molecule has 76 valence electrons. The van der Waals surface area contributed by atoms with Gasteiger partial charge in [0.2, 0.25) is 5.91 Å². The fraction of sp³-hybridized carbons (Fsp3) is 0.167. The van der Waals surface area contributed by atoms with E-state index in [0.29, 0.717) is 6.42 Å². The van der Waals surface area contributed by atoms with Crippen LogP contribution in [0.25, 0.3) is 0 Å². The third-order valence-corrected chi connectivity index (χ3v) is 2.26. The number of benzene rings is 1. The predicted octanol–water partition coefficient (Wildman–Crippen LogP) is 1.81. The summed E-state index contributed by atoms with van der Waals surface area (Å²) in [6.07, 6.45) is 4.14. The highest BCUT2D eigenvalue weighted by molar-refractivity contribution is 6.09. The molecule has 3 heteroatoms. The van der Waals surface area contributed by atoms with Gasteiger partial charge in [0.05, 0.1) is 5.71 Å². The van der Waals surface area contributed by atoms with Crippen LogP contribution in [0.2, 0.25) is 0 Å². The van der Waals surface area contributed by atoms with E-state index >= 15 is 0 Å². The monoisotopic (exact) mass is 200 g/mol. The van der Waals surface area contributed by atoms with Crippen LogP contribution < -0.4 is 0 Å². The van der Waals surface area contributed by atoms with Crippen molar-refractivity contribution >= 4 is 11.6 Å². The van der Waals surface area contributed by atoms with Crippen LogP contribution in [0.5, 0.6) is 0 Å². The maximum atomic E-state index is 11.4. The SMILES string of the molecule is CN1N=C(c2ccccc2)C=CCC1=O. The topological polar surface area (TPSA) is 32.7 Å². The summed E-state index contributed by atoms with van der Waals surface area (Å²) in [6, 6.07) is 9.83. The highest BCUT2D eigenvalue weighted by Crippen LogP contribution is 2.08. The fourth-order valence-corrected chi connectivity index (χ4v) is 1.42. The number of carbonyl (C=O) groups is 1. The van der Waals surface area contributed by atoms with Crippen LogP contribution in [-0.2, 0) is 4.79 Å². The molecule has 1 aromatic carbocycles. The zero-order chi connectivity index (χ0) is 10.7. The van der Waals surface area contributed by atoms with Crippen LogP contribution in [0.4, 0.5) is 0 Å². The Bertz CT molecular complexity index is 421. The highest BCUT2D eigenvalue weighted by atomic mass is 16.2. The van der Waals surface area contributed by atoms with Gasteiger partial charge >= 0.3 is 0 Å². The first-order chi connectivity index (χ1) is 7.27. The van der Waals surface area contributed by atoms with Gasteiger partial charge in [-0.05, 0) is 6.08 Å². The second-order valence-corrected chi connectivity index (χ2v) is 3.38. The first-order valence-corrected chi connectivity index (χ1v) is 4.84. The van der Waals surface area contributed by atoms with Crippen molar-refractivity contribution in [1.82, 2.24) is 5.01 Å². The molecule has 0 fully saturated rings. The molecular weight excluding hydrogens is 188 g/mol. The largest absolute Gasteiger partial charge is 0.273 e. The van der Waals surface area contributed by atoms with E-state index in [2.05, 4.69) is 5.10 Å². The van der Waals surface area contributed by atoms with E-state index in [9.17, 15) is 4.79 Å². The summed E-state index contributed by atoms with van der Waals surface area (Å²) in [5.74, 6) is 0.0113. The molecule has 1 aliphatic rings. The zero-order valence-corrected chi connectivity index (χ0v) is 8.55. The third-order valence-electron chi connectivity index (χ3n) is 2.26. The first kappa shape index (κ1) is 9.65. The number of hydrazone groups is 1. The molecular formula is C12H12N2O. The molecule has 1 aliphatic heterocycles. The quantitative estimate of drug-likeness (QED) is 0.680. The summed E-state index contributed by atoms with van der Waals surface area (Å²) in [7, 11) is 1.68. The van der Waals surface area contributed by atoms with Gasteiger partial charge in [-0.15, -0.1) is 0 Å². The van der Waals surface area contributed by atoms with Crippen LogP contribution in [0.1, 0.15) is 12.0 Å². The van der Waals surface area contributed by atoms with Crippen LogP contribution >= 0.6 is 0 Å². The summed E-state index contributed by atoms with van der Waals surface area (Å²) >= 11 is 0. The molecule has 0 bridgehead atoms. The van der Waals surface area contributed by atoms with E-state index in [1.54, 1.807) is 7.05 Å². The lowest BCUT2D eigenvalue weighted by Crippen LogP contribution is -2.20. The average Bonchev–Trinajstić information content (AvgIpc) is 2.43. The normalized spacial score (nSPS) is 16.2. The average molecular weight is 200 g/mol. The Hall–Kier alpha value is -1.90. The molecule has 0 radical (unpaired) electrons. The number of hydrogen-bond donors (Lipinski definition) is 0. The van der Waals surface area contributed by atoms with Crippen molar-refractivity contribution in [2.24, 2.45) is 5.10 Å². The standard InChI is InChI=1S/C12H12N2O/c1-14-12(15)9-5-8-11(13-14)10-6-3-2-4-7-10/h2-8H,9H2,1H3. The molecule has 2 rings (SSSR count). The molecule has 15 heavy (non-hydrogen) atoms. The van der Waals surface area contributed by atoms with Crippen molar-refractivity contribution in [3.05, 3.63) is 48.0 Å². The molecule has 1 heterocycles. The Balaban J connectivity index is 2.36. The molecule has 1 amide bonds. The number of carbonyl (C=O) groups excluding carboxylic acids is 1. The number of amides is 1. The van der Waals surface area contributed by atoms with Crippen LogP contribution in [0.15, 0.2) is 47.6 Å². The third kappa shape index (κ3) is 2.13. The molecule has 0 saturated heterocycles. The molecule has 0 aliphatic carbocycles. The second kappa shape index (κ2) is 4.09. The van der Waals surface area contributed by atoms with Gasteiger partial charge in [-0.3, -0.25) is 4.79 Å². The van der Waals surface area contributed by atoms with Crippen LogP contribution in [0, 0.1) is 0 Å². The number of allylic oxidation sites excluding steroid dienone is 1. The minimum absolute atomic E-state index is 0.0113. The molecule has 1 aromatic rings. The van der Waals surface area contributed by atoms with Crippen LogP contribution in [-0.4, -0.2) is 23.7 Å². The van der Waals surface area contributed by atoms with Crippen LogP contribution in [0.3, 0.4) is 0 Å². The smallest absolute Gasteiger partial charge is 0.246 e. The molecule has 0 saturated carbocycles. The van der Waals surface area contributed by atoms with Gasteiger partial charge in [0.15, 0.2) is 0 Å². The van der Waals surface area contributed by atoms with Crippen molar-refractivity contribution in [2.45, 2.75) is 6.42 Å². The first-order valence-electron chi connectivity index (χ1n) is 4.84. The number of rotatable bonds is 1. The summed E-state index contributed by atoms with van der Waals surface area (Å²) in [5.41, 5.74) is 1.85. The van der Waals surface area contributed by atoms with E-state index in [4.69, 9.17) is 0 Å². The van der Waals surface area contributed by atoms with E-state index < -0.39 is 0 Å². The van der Waals surface area contributed by atoms with Gasteiger partial charge in [-0.25, -0.2) is 5.01 Å². The number of hydrogen-bond acceptors (Lipinski definition) is 2. The van der Waals surface area contributed by atoms with Crippen molar-refractivity contribution in [1.29, 1.82) is 0 Å². The molecule has 0 aromatic heterocycles. The van der Waals surface area contributed by atoms with Crippen molar-refractivity contribution in [2.75, 3.05) is 7.05 Å². The Morgan fingerprint density at radius 3 is 2.73 bits per heavy atom. The second-order valence-electron chi connectivity index (χ2n) is 3.38. The van der Waals surface area contributed by atoms with Crippen molar-refractivity contribution in [3.8, 4) is 0 Å². The maximum absolute atomic E-state index is 11.4. The Labute approximate surface area is 88.7 Å². The minimum atomic E-state index is 0.0113. The lowest BCUT2D eigenvalue weighted by Gasteiger charge is -2.09. The van der Waals surface area contributed by atoms with Crippen molar-refractivity contribution < 1.29 is 4.79 Å². The van der Waals surface area contributed by atoms with Gasteiger partial charge in [0, 0.05) is 19.0 Å². The predicted molar refractivity (Wildman–Crippen MR) is 59.5 cm³/mol. The van der Waals surface area contributed by atoms with Crippen molar-refractivity contribution in [3.63, 3.8) is 0 Å². The summed E-state index contributed by atoms with van der Waals surface area (Å²) < 4.78 is 0.